The first kappa shape index (κ1) is 12.6. The van der Waals surface area contributed by atoms with Crippen molar-refractivity contribution in [2.24, 2.45) is 0 Å². The zero-order valence-electron chi connectivity index (χ0n) is 7.72. The van der Waals surface area contributed by atoms with Crippen molar-refractivity contribution in [2.45, 2.75) is 26.7 Å². The highest BCUT2D eigenvalue weighted by atomic mass is 16.0. The van der Waals surface area contributed by atoms with Gasteiger partial charge in [0.15, 0.2) is 0 Å². The second kappa shape index (κ2) is 5.69. The number of quaternary nitrogens is 1. The van der Waals surface area contributed by atoms with Crippen LogP contribution in [0, 0.1) is 0 Å². The summed E-state index contributed by atoms with van der Waals surface area (Å²) in [6.07, 6.45) is 2.60. The van der Waals surface area contributed by atoms with Crippen LogP contribution in [0.5, 0.6) is 0 Å². The van der Waals surface area contributed by atoms with Crippen LogP contribution in [0.2, 0.25) is 0 Å². The maximum atomic E-state index is 2.30. The lowest BCUT2D eigenvalue weighted by atomic mass is 10.3. The summed E-state index contributed by atoms with van der Waals surface area (Å²) in [6.45, 7) is 7.12. The normalized spacial score (nSPS) is 10.8. The van der Waals surface area contributed by atoms with Gasteiger partial charge in [-0.25, -0.2) is 0 Å². The van der Waals surface area contributed by atoms with Gasteiger partial charge in [-0.05, 0) is 12.8 Å². The van der Waals surface area contributed by atoms with E-state index in [1.807, 2.05) is 0 Å². The Morgan fingerprint density at radius 2 is 1.20 bits per heavy atom. The summed E-state index contributed by atoms with van der Waals surface area (Å²) >= 11 is 0. The fraction of sp³-hybridized carbons (Fsp3) is 1.00. The third-order valence-corrected chi connectivity index (χ3v) is 1.66. The van der Waals surface area contributed by atoms with Crippen molar-refractivity contribution in [1.29, 1.82) is 0 Å². The van der Waals surface area contributed by atoms with E-state index in [0.717, 1.165) is 0 Å². The SMILES string of the molecule is CCC[N+](C)(C)CCC.[OH-]. The van der Waals surface area contributed by atoms with Crippen LogP contribution in [0.4, 0.5) is 0 Å². The molecule has 0 aliphatic heterocycles. The summed E-state index contributed by atoms with van der Waals surface area (Å²) in [5.74, 6) is 0. The fourth-order valence-corrected chi connectivity index (χ4v) is 1.32. The molecule has 0 aromatic heterocycles. The van der Waals surface area contributed by atoms with Gasteiger partial charge in [-0.15, -0.1) is 0 Å². The molecule has 0 heterocycles. The number of nitrogens with zero attached hydrogens (tertiary/aromatic N) is 1. The Bertz CT molecular complexity index is 63.7. The molecule has 10 heavy (non-hydrogen) atoms. The predicted molar refractivity (Wildman–Crippen MR) is 44.4 cm³/mol. The molecule has 0 aliphatic rings. The smallest absolute Gasteiger partial charge is 0.0779 e. The number of rotatable bonds is 4. The van der Waals surface area contributed by atoms with E-state index in [-0.39, 0.29) is 5.48 Å². The third kappa shape index (κ3) is 6.05. The van der Waals surface area contributed by atoms with Gasteiger partial charge in [0.2, 0.25) is 0 Å². The van der Waals surface area contributed by atoms with Crippen molar-refractivity contribution in [1.82, 2.24) is 0 Å². The van der Waals surface area contributed by atoms with Crippen LogP contribution in [0.1, 0.15) is 26.7 Å². The molecule has 0 saturated heterocycles. The lowest BCUT2D eigenvalue weighted by Crippen LogP contribution is -2.40. The summed E-state index contributed by atoms with van der Waals surface area (Å²) < 4.78 is 1.19. The minimum Gasteiger partial charge on any atom is -0.870 e. The Hall–Kier alpha value is -0.0800. The molecule has 0 aromatic rings. The van der Waals surface area contributed by atoms with Gasteiger partial charge < -0.3 is 9.96 Å². The summed E-state index contributed by atoms with van der Waals surface area (Å²) in [6, 6.07) is 0. The average Bonchev–Trinajstić information content (AvgIpc) is 1.64. The van der Waals surface area contributed by atoms with Crippen molar-refractivity contribution in [3.8, 4) is 0 Å². The van der Waals surface area contributed by atoms with E-state index in [2.05, 4.69) is 27.9 Å². The molecule has 0 atom stereocenters. The largest absolute Gasteiger partial charge is 0.870 e. The molecule has 0 rings (SSSR count). The molecule has 0 radical (unpaired) electrons. The quantitative estimate of drug-likeness (QED) is 0.557. The first-order chi connectivity index (χ1) is 4.12. The Balaban J connectivity index is 0. The number of hydrogen-bond acceptors (Lipinski definition) is 1. The van der Waals surface area contributed by atoms with Gasteiger partial charge in [-0.1, -0.05) is 13.8 Å². The predicted octanol–water partition coefficient (Wildman–Crippen LogP) is 1.71. The highest BCUT2D eigenvalue weighted by Gasteiger charge is 2.09. The van der Waals surface area contributed by atoms with E-state index in [4.69, 9.17) is 0 Å². The molecule has 1 N–H and O–H groups in total. The highest BCUT2D eigenvalue weighted by Crippen LogP contribution is 1.99. The highest BCUT2D eigenvalue weighted by molar-refractivity contribution is 4.30. The molecule has 0 aliphatic carbocycles. The molecule has 0 fully saturated rings. The first-order valence-electron chi connectivity index (χ1n) is 3.94. The molecular weight excluding hydrogens is 126 g/mol. The Morgan fingerprint density at radius 3 is 1.40 bits per heavy atom. The van der Waals surface area contributed by atoms with Crippen molar-refractivity contribution in [3.63, 3.8) is 0 Å². The summed E-state index contributed by atoms with van der Waals surface area (Å²) in [4.78, 5) is 0. The van der Waals surface area contributed by atoms with Crippen LogP contribution >= 0.6 is 0 Å². The van der Waals surface area contributed by atoms with Gasteiger partial charge in [0.1, 0.15) is 0 Å². The van der Waals surface area contributed by atoms with E-state index in [1.54, 1.807) is 0 Å². The van der Waals surface area contributed by atoms with Crippen molar-refractivity contribution in [2.75, 3.05) is 27.2 Å². The molecule has 2 heteroatoms. The Labute approximate surface area is 64.7 Å². The van der Waals surface area contributed by atoms with Gasteiger partial charge in [0, 0.05) is 0 Å². The standard InChI is InChI=1S/C8H20N.H2O/c1-5-7-9(3,4)8-6-2;/h5-8H2,1-4H3;1H2/q+1;/p-1. The van der Waals surface area contributed by atoms with E-state index in [1.165, 1.54) is 30.4 Å². The fourth-order valence-electron chi connectivity index (χ4n) is 1.32. The molecular formula is C8H21NO. The average molecular weight is 147 g/mol. The molecule has 0 spiro atoms. The lowest BCUT2D eigenvalue weighted by Gasteiger charge is -2.28. The topological polar surface area (TPSA) is 30.0 Å². The maximum absolute atomic E-state index is 2.30. The van der Waals surface area contributed by atoms with E-state index in [0.29, 0.717) is 0 Å². The lowest BCUT2D eigenvalue weighted by molar-refractivity contribution is -0.890. The van der Waals surface area contributed by atoms with E-state index in [9.17, 15) is 0 Å². The first-order valence-corrected chi connectivity index (χ1v) is 3.94. The summed E-state index contributed by atoms with van der Waals surface area (Å²) in [5, 5.41) is 0. The van der Waals surface area contributed by atoms with E-state index >= 15 is 0 Å². The minimum atomic E-state index is 0. The van der Waals surface area contributed by atoms with Gasteiger partial charge in [-0.3, -0.25) is 0 Å². The zero-order chi connectivity index (χ0) is 7.33. The molecule has 0 saturated carbocycles. The van der Waals surface area contributed by atoms with Crippen LogP contribution in [0.15, 0.2) is 0 Å². The molecule has 0 amide bonds. The summed E-state index contributed by atoms with van der Waals surface area (Å²) in [7, 11) is 4.60. The van der Waals surface area contributed by atoms with Crippen LogP contribution in [0.3, 0.4) is 0 Å². The monoisotopic (exact) mass is 147 g/mol. The third-order valence-electron chi connectivity index (χ3n) is 1.66. The minimum absolute atomic E-state index is 0. The molecule has 0 unspecified atom stereocenters. The Kier molecular flexibility index (Phi) is 7.15. The molecule has 64 valence electrons. The number of hydrogen-bond donors (Lipinski definition) is 0. The van der Waals surface area contributed by atoms with Gasteiger partial charge >= 0.3 is 0 Å². The molecule has 0 aromatic carbocycles. The van der Waals surface area contributed by atoms with Crippen LogP contribution in [-0.2, 0) is 0 Å². The van der Waals surface area contributed by atoms with Crippen LogP contribution in [0.25, 0.3) is 0 Å². The molecule has 0 bridgehead atoms. The van der Waals surface area contributed by atoms with Crippen LogP contribution < -0.4 is 0 Å². The zero-order valence-corrected chi connectivity index (χ0v) is 7.72. The van der Waals surface area contributed by atoms with Gasteiger partial charge in [-0.2, -0.15) is 0 Å². The van der Waals surface area contributed by atoms with Crippen molar-refractivity contribution >= 4 is 0 Å². The van der Waals surface area contributed by atoms with Crippen molar-refractivity contribution < 1.29 is 9.96 Å². The van der Waals surface area contributed by atoms with E-state index < -0.39 is 0 Å². The van der Waals surface area contributed by atoms with Crippen LogP contribution in [-0.4, -0.2) is 37.1 Å². The second-order valence-corrected chi connectivity index (χ2v) is 3.38. The van der Waals surface area contributed by atoms with Gasteiger partial charge in [0.05, 0.1) is 27.2 Å². The second-order valence-electron chi connectivity index (χ2n) is 3.38. The molecule has 2 nitrogen and oxygen atoms in total. The van der Waals surface area contributed by atoms with Crippen molar-refractivity contribution in [3.05, 3.63) is 0 Å². The maximum Gasteiger partial charge on any atom is 0.0779 e. The summed E-state index contributed by atoms with van der Waals surface area (Å²) in [5.41, 5.74) is 0. The van der Waals surface area contributed by atoms with Gasteiger partial charge in [0.25, 0.3) is 0 Å². The Morgan fingerprint density at radius 1 is 0.900 bits per heavy atom.